The van der Waals surface area contributed by atoms with Crippen molar-refractivity contribution >= 4 is 66.0 Å². The van der Waals surface area contributed by atoms with E-state index >= 15 is 0 Å². The van der Waals surface area contributed by atoms with Gasteiger partial charge in [0.25, 0.3) is 0 Å². The summed E-state index contributed by atoms with van der Waals surface area (Å²) < 4.78 is 22.0. The van der Waals surface area contributed by atoms with Crippen molar-refractivity contribution in [2.45, 2.75) is 117 Å². The number of rotatable bonds is 18. The van der Waals surface area contributed by atoms with Crippen molar-refractivity contribution in [2.24, 2.45) is 0 Å². The van der Waals surface area contributed by atoms with Gasteiger partial charge in [0.05, 0.1) is 41.9 Å². The zero-order valence-corrected chi connectivity index (χ0v) is 40.0. The van der Waals surface area contributed by atoms with Crippen LogP contribution in [0.3, 0.4) is 0 Å². The summed E-state index contributed by atoms with van der Waals surface area (Å²) in [6.07, 6.45) is -1.08. The molecule has 0 aromatic heterocycles. The summed E-state index contributed by atoms with van der Waals surface area (Å²) in [5.74, 6) is -0.557. The number of ketones is 4. The normalized spacial score (nSPS) is 13.1. The van der Waals surface area contributed by atoms with Crippen LogP contribution in [-0.4, -0.2) is 68.0 Å². The highest BCUT2D eigenvalue weighted by molar-refractivity contribution is 6.74. The first-order valence-electron chi connectivity index (χ1n) is 21.1. The first kappa shape index (κ1) is 52.1. The molecule has 4 aromatic carbocycles. The van der Waals surface area contributed by atoms with Gasteiger partial charge in [-0.1, -0.05) is 105 Å². The summed E-state index contributed by atoms with van der Waals surface area (Å²) in [5.41, 5.74) is 4.42. The summed E-state index contributed by atoms with van der Waals surface area (Å²) in [6.45, 7) is 17.7. The lowest BCUT2D eigenvalue weighted by Gasteiger charge is -2.40. The maximum atomic E-state index is 13.4. The van der Waals surface area contributed by atoms with Gasteiger partial charge in [0.1, 0.15) is 24.2 Å². The van der Waals surface area contributed by atoms with E-state index in [1.807, 2.05) is 44.2 Å². The molecule has 4 atom stereocenters. The van der Waals surface area contributed by atoms with Crippen LogP contribution < -0.4 is 10.6 Å². The molecule has 0 heterocycles. The molecule has 0 aliphatic rings. The Bertz CT molecular complexity index is 2300. The molecule has 0 radical (unpaired) electrons. The number of benzene rings is 4. The molecule has 3 N–H and O–H groups in total. The molecule has 0 amide bonds. The second kappa shape index (κ2) is 25.2. The number of carbonyl (C=O) groups excluding carboxylic acids is 4. The van der Waals surface area contributed by atoms with Gasteiger partial charge in [-0.15, -0.1) is 0 Å². The van der Waals surface area contributed by atoms with Gasteiger partial charge >= 0.3 is 0 Å². The van der Waals surface area contributed by atoms with Crippen LogP contribution in [0.4, 0.5) is 15.8 Å². The van der Waals surface area contributed by atoms with Crippen molar-refractivity contribution in [1.29, 1.82) is 10.5 Å². The fourth-order valence-corrected chi connectivity index (χ4v) is 7.98. The molecule has 0 fully saturated rings. The largest absolute Gasteiger partial charge is 0.412 e. The molecule has 0 saturated carbocycles. The Labute approximate surface area is 384 Å². The van der Waals surface area contributed by atoms with Crippen LogP contribution in [-0.2, 0) is 14.0 Å². The maximum Gasteiger partial charge on any atom is 0.192 e. The van der Waals surface area contributed by atoms with Crippen LogP contribution >= 0.6 is 23.2 Å². The molecule has 0 unspecified atom stereocenters. The number of Topliss-reactive ketones (excluding diaryl/α,β-unsaturated/α-hetero) is 4. The minimum Gasteiger partial charge on any atom is -0.412 e. The highest BCUT2D eigenvalue weighted by Gasteiger charge is 2.41. The molecule has 10 nitrogen and oxygen atoms in total. The highest BCUT2D eigenvalue weighted by Crippen LogP contribution is 2.38. The molecule has 14 heteroatoms. The van der Waals surface area contributed by atoms with Crippen molar-refractivity contribution in [1.82, 2.24) is 0 Å². The monoisotopic (exact) mass is 917 g/mol. The summed E-state index contributed by atoms with van der Waals surface area (Å²) in [4.78, 5) is 50.8. The number of nitriles is 2. The SMILES string of the molecule is Cc1c(N[C@@H](C(=O)CCC(=O)c2ccccc2)[C@H](C)O)ccc(C#N)c1Cl.Cc1c(N[C@@H](C(=O)CCC(=O)c2ccccc2)[C@H](C)O[Si](C)(C)C(C)(C)C)ccc(C#N)c1Cl.[2H]CF. The second-order valence-corrected chi connectivity index (χ2v) is 22.0. The quantitative estimate of drug-likeness (QED) is 0.0645. The molecule has 0 bridgehead atoms. The minimum absolute atomic E-state index is 0.0132. The molecular formula is C49H59Cl2FN4O6Si. The Morgan fingerprint density at radius 3 is 1.44 bits per heavy atom. The van der Waals surface area contributed by atoms with Crippen LogP contribution in [0.25, 0.3) is 0 Å². The van der Waals surface area contributed by atoms with Gasteiger partial charge < -0.3 is 20.2 Å². The lowest BCUT2D eigenvalue weighted by Crippen LogP contribution is -2.50. The Kier molecular flexibility index (Phi) is 20.8. The number of hydrogen-bond acceptors (Lipinski definition) is 10. The maximum absolute atomic E-state index is 13.4. The predicted octanol–water partition coefficient (Wildman–Crippen LogP) is 11.4. The summed E-state index contributed by atoms with van der Waals surface area (Å²) in [7, 11) is -3.16. The number of carbonyl (C=O) groups is 4. The Morgan fingerprint density at radius 2 is 1.10 bits per heavy atom. The number of aliphatic hydroxyl groups is 1. The lowest BCUT2D eigenvalue weighted by molar-refractivity contribution is -0.122. The molecule has 4 aromatic rings. The van der Waals surface area contributed by atoms with Gasteiger partial charge in [-0.3, -0.25) is 23.6 Å². The van der Waals surface area contributed by atoms with E-state index in [0.717, 1.165) is 0 Å². The van der Waals surface area contributed by atoms with Gasteiger partial charge in [-0.2, -0.15) is 10.5 Å². The summed E-state index contributed by atoms with van der Waals surface area (Å²) in [6, 6.07) is 26.9. The molecular weight excluding hydrogens is 859 g/mol. The van der Waals surface area contributed by atoms with Gasteiger partial charge in [-0.25, -0.2) is 0 Å². The van der Waals surface area contributed by atoms with E-state index < -0.39 is 39.8 Å². The highest BCUT2D eigenvalue weighted by atomic mass is 35.5. The summed E-state index contributed by atoms with van der Waals surface area (Å²) in [5, 5.41) is 35.3. The molecule has 0 aliphatic heterocycles. The zero-order chi connectivity index (χ0) is 48.4. The Hall–Kier alpha value is -5.21. The first-order chi connectivity index (χ1) is 30.0. The molecule has 0 aliphatic carbocycles. The van der Waals surface area contributed by atoms with Crippen molar-refractivity contribution in [3.63, 3.8) is 0 Å². The van der Waals surface area contributed by atoms with E-state index in [2.05, 4.69) is 50.6 Å². The second-order valence-electron chi connectivity index (χ2n) is 16.5. The van der Waals surface area contributed by atoms with Crippen molar-refractivity contribution in [3.05, 3.63) is 128 Å². The number of aliphatic hydroxyl groups excluding tert-OH is 1. The van der Waals surface area contributed by atoms with E-state index in [1.54, 1.807) is 67.6 Å². The Morgan fingerprint density at radius 1 is 0.730 bits per heavy atom. The van der Waals surface area contributed by atoms with Crippen LogP contribution in [0, 0.1) is 36.5 Å². The molecule has 63 heavy (non-hydrogen) atoms. The van der Waals surface area contributed by atoms with Gasteiger partial charge in [0.2, 0.25) is 0 Å². The van der Waals surface area contributed by atoms with Crippen molar-refractivity contribution in [2.75, 3.05) is 17.8 Å². The van der Waals surface area contributed by atoms with Gasteiger partial charge in [0.15, 0.2) is 31.5 Å². The van der Waals surface area contributed by atoms with Gasteiger partial charge in [-0.05, 0) is 81.2 Å². The Balaban J connectivity index is 0.000000424. The van der Waals surface area contributed by atoms with Gasteiger partial charge in [0, 0.05) is 48.2 Å². The number of anilines is 2. The van der Waals surface area contributed by atoms with Crippen molar-refractivity contribution < 1.29 is 34.5 Å². The third-order valence-electron chi connectivity index (χ3n) is 11.0. The third-order valence-corrected chi connectivity index (χ3v) is 16.5. The molecule has 0 spiro atoms. The van der Waals surface area contributed by atoms with E-state index in [4.69, 9.17) is 34.3 Å². The topological polar surface area (TPSA) is 169 Å². The number of alkyl halides is 1. The standard InChI is InChI=1S/C27H35ClN2O3Si.C21H21ClN2O3.CH3F/c1-18-22(14-13-21(17-29)25(18)28)30-26(19(2)33-34(6,7)27(3,4)5)24(32)16-15-23(31)20-11-9-8-10-12-20;1-13-17(9-8-16(12-23)20(13)22)24-21(14(2)25)19(27)11-10-18(26)15-6-4-3-5-7-15;1-2/h8-14,19,26,30H,15-16H2,1-7H3;3-9,14,21,24-25H,10-11H2,1-2H3;1H3/t19-,26+;14-,21+;/m00./s1/i;;1D. The third kappa shape index (κ3) is 15.5. The minimum atomic E-state index is -2.16. The number of hydrogen-bond donors (Lipinski definition) is 3. The molecule has 336 valence electrons. The lowest BCUT2D eigenvalue weighted by atomic mass is 9.98. The first-order valence-corrected chi connectivity index (χ1v) is 24.1. The average Bonchev–Trinajstić information content (AvgIpc) is 3.25. The average molecular weight is 919 g/mol. The van der Waals surface area contributed by atoms with Crippen LogP contribution in [0.15, 0.2) is 84.9 Å². The zero-order valence-electron chi connectivity index (χ0n) is 38.4. The van der Waals surface area contributed by atoms with Crippen molar-refractivity contribution in [3.8, 4) is 12.1 Å². The molecule has 4 rings (SSSR count). The van der Waals surface area contributed by atoms with E-state index in [1.165, 1.54) is 6.92 Å². The van der Waals surface area contributed by atoms with E-state index in [-0.39, 0.29) is 53.9 Å². The smallest absolute Gasteiger partial charge is 0.192 e. The number of nitrogens with one attached hydrogen (secondary N) is 2. The summed E-state index contributed by atoms with van der Waals surface area (Å²) >= 11 is 12.5. The van der Waals surface area contributed by atoms with Crippen LogP contribution in [0.5, 0.6) is 0 Å². The van der Waals surface area contributed by atoms with Crippen LogP contribution in [0.2, 0.25) is 28.2 Å². The van der Waals surface area contributed by atoms with E-state index in [0.29, 0.717) is 54.8 Å². The fourth-order valence-electron chi connectivity index (χ4n) is 6.15. The molecule has 0 saturated heterocycles. The predicted molar refractivity (Wildman–Crippen MR) is 253 cm³/mol. The van der Waals surface area contributed by atoms with Crippen LogP contribution in [0.1, 0.15) is 105 Å². The fraction of sp³-hybridized carbons (Fsp3) is 0.388. The number of halogens is 3. The number of nitrogens with zero attached hydrogens (tertiary/aromatic N) is 2. The van der Waals surface area contributed by atoms with E-state index in [9.17, 15) is 33.9 Å².